The van der Waals surface area contributed by atoms with Crippen LogP contribution in [-0.4, -0.2) is 62.9 Å². The van der Waals surface area contributed by atoms with Crippen molar-refractivity contribution >= 4 is 22.7 Å². The molecule has 1 saturated heterocycles. The molecule has 5 rings (SSSR count). The van der Waals surface area contributed by atoms with Crippen LogP contribution in [-0.2, 0) is 4.74 Å². The molecule has 1 aliphatic heterocycles. The first-order valence-corrected chi connectivity index (χ1v) is 10.2. The molecular weight excluding hydrogens is 434 g/mol. The summed E-state index contributed by atoms with van der Waals surface area (Å²) in [4.78, 5) is 23.8. The molecule has 3 aromatic heterocycles. The van der Waals surface area contributed by atoms with Gasteiger partial charge in [-0.15, -0.1) is 0 Å². The van der Waals surface area contributed by atoms with E-state index >= 15 is 0 Å². The highest BCUT2D eigenvalue weighted by Crippen LogP contribution is 2.34. The highest BCUT2D eigenvalue weighted by atomic mass is 19.3. The molecule has 170 valence electrons. The second kappa shape index (κ2) is 8.54. The first-order chi connectivity index (χ1) is 16.0. The van der Waals surface area contributed by atoms with Crippen LogP contribution in [0, 0.1) is 0 Å². The molecule has 1 aliphatic rings. The number of alkyl halides is 2. The Kier molecular flexibility index (Phi) is 5.42. The van der Waals surface area contributed by atoms with Crippen LogP contribution in [0.2, 0.25) is 0 Å². The van der Waals surface area contributed by atoms with Gasteiger partial charge >= 0.3 is 0 Å². The summed E-state index contributed by atoms with van der Waals surface area (Å²) in [7, 11) is 1.43. The molecule has 0 spiro atoms. The fraction of sp³-hybridized carbons (Fsp3) is 0.286. The van der Waals surface area contributed by atoms with E-state index < -0.39 is 12.2 Å². The maximum absolute atomic E-state index is 14.1. The number of hydrogen-bond donors (Lipinski definition) is 1. The third-order valence-corrected chi connectivity index (χ3v) is 5.21. The second-order valence-corrected chi connectivity index (χ2v) is 7.30. The summed E-state index contributed by atoms with van der Waals surface area (Å²) >= 11 is 0. The van der Waals surface area contributed by atoms with Crippen LogP contribution in [0.15, 0.2) is 36.7 Å². The Hall–Kier alpha value is -3.93. The maximum Gasteiger partial charge on any atom is 0.296 e. The smallest absolute Gasteiger partial charge is 0.296 e. The van der Waals surface area contributed by atoms with Crippen LogP contribution >= 0.6 is 0 Å². The lowest BCUT2D eigenvalue weighted by Crippen LogP contribution is -2.37. The molecule has 33 heavy (non-hydrogen) atoms. The largest absolute Gasteiger partial charge is 0.494 e. The number of methoxy groups -OCH3 is 1. The molecular formula is C21H20F2N8O2. The normalized spacial score (nSPS) is 14.2. The number of morpholine rings is 1. The van der Waals surface area contributed by atoms with Gasteiger partial charge in [0.25, 0.3) is 6.43 Å². The molecule has 1 aromatic carbocycles. The second-order valence-electron chi connectivity index (χ2n) is 7.30. The topological polar surface area (TPSA) is 117 Å². The van der Waals surface area contributed by atoms with E-state index in [4.69, 9.17) is 15.2 Å². The highest BCUT2D eigenvalue weighted by Gasteiger charge is 2.26. The van der Waals surface area contributed by atoms with Gasteiger partial charge in [0.2, 0.25) is 11.9 Å². The molecule has 12 heteroatoms. The van der Waals surface area contributed by atoms with E-state index in [1.165, 1.54) is 17.7 Å². The number of anilines is 2. The summed E-state index contributed by atoms with van der Waals surface area (Å²) in [6, 6.07) is 6.60. The Morgan fingerprint density at radius 1 is 1.09 bits per heavy atom. The summed E-state index contributed by atoms with van der Waals surface area (Å²) in [6.45, 7) is 2.13. The van der Waals surface area contributed by atoms with Crippen molar-refractivity contribution in [2.24, 2.45) is 0 Å². The number of aromatic nitrogens is 6. The van der Waals surface area contributed by atoms with Crippen LogP contribution in [0.5, 0.6) is 5.75 Å². The molecule has 4 heterocycles. The first kappa shape index (κ1) is 20.9. The number of benzene rings is 1. The van der Waals surface area contributed by atoms with Gasteiger partial charge in [-0.05, 0) is 18.2 Å². The molecule has 0 aliphatic carbocycles. The van der Waals surface area contributed by atoms with Crippen LogP contribution in [0.25, 0.3) is 28.4 Å². The van der Waals surface area contributed by atoms with Crippen LogP contribution in [0.3, 0.4) is 0 Å². The number of rotatable bonds is 5. The number of nitrogens with zero attached hydrogens (tertiary/aromatic N) is 7. The van der Waals surface area contributed by atoms with Crippen molar-refractivity contribution in [1.82, 2.24) is 29.5 Å². The van der Waals surface area contributed by atoms with Gasteiger partial charge < -0.3 is 20.1 Å². The lowest BCUT2D eigenvalue weighted by atomic mass is 10.2. The van der Waals surface area contributed by atoms with E-state index in [0.717, 1.165) is 0 Å². The molecule has 10 nitrogen and oxygen atoms in total. The number of nitrogens with two attached hydrogens (primary N) is 1. The number of halogens is 2. The molecule has 0 bridgehead atoms. The van der Waals surface area contributed by atoms with Gasteiger partial charge in [0, 0.05) is 42.8 Å². The fourth-order valence-corrected chi connectivity index (χ4v) is 3.68. The van der Waals surface area contributed by atoms with Crippen molar-refractivity contribution in [3.8, 4) is 23.1 Å². The third-order valence-electron chi connectivity index (χ3n) is 5.21. The zero-order valence-electron chi connectivity index (χ0n) is 17.7. The number of nitrogen functional groups attached to an aromatic ring is 1. The van der Waals surface area contributed by atoms with E-state index in [2.05, 4.69) is 24.9 Å². The van der Waals surface area contributed by atoms with Gasteiger partial charge in [-0.3, -0.25) is 9.55 Å². The van der Waals surface area contributed by atoms with Crippen LogP contribution in [0.4, 0.5) is 20.4 Å². The van der Waals surface area contributed by atoms with E-state index in [1.54, 1.807) is 30.6 Å². The molecule has 0 radical (unpaired) electrons. The van der Waals surface area contributed by atoms with Gasteiger partial charge in [0.15, 0.2) is 11.6 Å². The zero-order valence-corrected chi connectivity index (χ0v) is 17.7. The predicted molar refractivity (Wildman–Crippen MR) is 117 cm³/mol. The average Bonchev–Trinajstić information content (AvgIpc) is 3.24. The molecule has 4 aromatic rings. The lowest BCUT2D eigenvalue weighted by molar-refractivity contribution is 0.122. The van der Waals surface area contributed by atoms with E-state index in [-0.39, 0.29) is 17.2 Å². The molecule has 0 saturated carbocycles. The molecule has 0 unspecified atom stereocenters. The summed E-state index contributed by atoms with van der Waals surface area (Å²) in [5.74, 6) is 0.397. The van der Waals surface area contributed by atoms with Crippen molar-refractivity contribution in [3.63, 3.8) is 0 Å². The average molecular weight is 454 g/mol. The maximum atomic E-state index is 14.1. The van der Waals surface area contributed by atoms with E-state index in [1.807, 2.05) is 4.90 Å². The van der Waals surface area contributed by atoms with Gasteiger partial charge in [0.05, 0.1) is 25.8 Å². The third kappa shape index (κ3) is 3.89. The number of ether oxygens (including phenoxy) is 2. The summed E-state index contributed by atoms with van der Waals surface area (Å²) < 4.78 is 40.1. The summed E-state index contributed by atoms with van der Waals surface area (Å²) in [5, 5.41) is 0. The standard InChI is InChI=1S/C21H20F2N8O2/c1-32-15-10-13(24)9-14-16(15)26-19(17(22)23)31(14)21-28-18(12-3-2-4-25-11-12)27-20(29-21)30-5-7-33-8-6-30/h2-4,9-11,17H,5-8,24H2,1H3. The van der Waals surface area contributed by atoms with Gasteiger partial charge in [0.1, 0.15) is 11.3 Å². The molecule has 0 amide bonds. The summed E-state index contributed by atoms with van der Waals surface area (Å²) in [6.07, 6.45) is 0.333. The Balaban J connectivity index is 1.78. The number of pyridine rings is 1. The first-order valence-electron chi connectivity index (χ1n) is 10.2. The molecule has 1 fully saturated rings. The zero-order chi connectivity index (χ0) is 22.9. The van der Waals surface area contributed by atoms with Crippen molar-refractivity contribution in [3.05, 3.63) is 42.5 Å². The van der Waals surface area contributed by atoms with Crippen molar-refractivity contribution in [2.45, 2.75) is 6.43 Å². The minimum absolute atomic E-state index is 0.00389. The van der Waals surface area contributed by atoms with Crippen molar-refractivity contribution in [2.75, 3.05) is 44.0 Å². The number of imidazole rings is 1. The number of hydrogen-bond acceptors (Lipinski definition) is 9. The molecule has 0 atom stereocenters. The van der Waals surface area contributed by atoms with Crippen molar-refractivity contribution < 1.29 is 18.3 Å². The lowest BCUT2D eigenvalue weighted by Gasteiger charge is -2.27. The minimum atomic E-state index is -2.89. The Bertz CT molecular complexity index is 1290. The monoisotopic (exact) mass is 454 g/mol. The van der Waals surface area contributed by atoms with E-state index in [0.29, 0.717) is 54.8 Å². The fourth-order valence-electron chi connectivity index (χ4n) is 3.68. The Morgan fingerprint density at radius 2 is 1.88 bits per heavy atom. The quantitative estimate of drug-likeness (QED) is 0.454. The van der Waals surface area contributed by atoms with Crippen LogP contribution in [0.1, 0.15) is 12.2 Å². The van der Waals surface area contributed by atoms with E-state index in [9.17, 15) is 8.78 Å². The molecule has 2 N–H and O–H groups in total. The summed E-state index contributed by atoms with van der Waals surface area (Å²) in [5.41, 5.74) is 7.50. The van der Waals surface area contributed by atoms with Gasteiger partial charge in [-0.2, -0.15) is 15.0 Å². The SMILES string of the molecule is COc1cc(N)cc2c1nc(C(F)F)n2-c1nc(-c2cccnc2)nc(N2CCOCC2)n1. The predicted octanol–water partition coefficient (Wildman–Crippen LogP) is 2.64. The van der Waals surface area contributed by atoms with Gasteiger partial charge in [-0.25, -0.2) is 13.8 Å². The Labute approximate surface area is 187 Å². The van der Waals surface area contributed by atoms with Crippen molar-refractivity contribution in [1.29, 1.82) is 0 Å². The highest BCUT2D eigenvalue weighted by molar-refractivity contribution is 5.87. The Morgan fingerprint density at radius 3 is 2.58 bits per heavy atom. The van der Waals surface area contributed by atoms with Gasteiger partial charge in [-0.1, -0.05) is 0 Å². The minimum Gasteiger partial charge on any atom is -0.494 e. The number of fused-ring (bicyclic) bond motifs is 1. The van der Waals surface area contributed by atoms with Crippen LogP contribution < -0.4 is 15.4 Å².